The van der Waals surface area contributed by atoms with E-state index in [9.17, 15) is 0 Å². The van der Waals surface area contributed by atoms with Crippen LogP contribution in [0.5, 0.6) is 0 Å². The zero-order valence-corrected chi connectivity index (χ0v) is 28.8. The first-order chi connectivity index (χ1) is 12.9. The van der Waals surface area contributed by atoms with Crippen LogP contribution < -0.4 is 0 Å². The van der Waals surface area contributed by atoms with Crippen molar-refractivity contribution in [3.63, 3.8) is 0 Å². The monoisotopic (exact) mass is 854 g/mol. The highest BCUT2D eigenvalue weighted by Gasteiger charge is 2.87. The Morgan fingerprint density at radius 1 is 0.323 bits per heavy atom. The lowest BCUT2D eigenvalue weighted by molar-refractivity contribution is 0.231. The fraction of sp³-hybridized carbons (Fsp3) is 0.900. The van der Waals surface area contributed by atoms with Crippen LogP contribution in [0.2, 0.25) is 0 Å². The Bertz CT molecular complexity index is 605. The fourth-order valence-corrected chi connectivity index (χ4v) is 12.0. The molecule has 0 saturated heterocycles. The highest BCUT2D eigenvalue weighted by Crippen LogP contribution is 2.79. The first kappa shape index (κ1) is 37.1. The molecule has 0 heterocycles. The van der Waals surface area contributed by atoms with Gasteiger partial charge in [-0.1, -0.05) is 244 Å². The molecule has 0 aliphatic rings. The molecule has 0 bridgehead atoms. The molecule has 0 saturated carbocycles. The number of alkyl halides is 19. The quantitative estimate of drug-likeness (QED) is 0.233. The molecule has 0 atom stereocenters. The van der Waals surface area contributed by atoms with Crippen LogP contribution in [-0.2, 0) is 0 Å². The molecule has 0 fully saturated rings. The number of halogens is 21. The number of hydrogen-bond acceptors (Lipinski definition) is 0. The normalized spacial score (nSPS) is 16.8. The van der Waals surface area contributed by atoms with Crippen LogP contribution in [0.25, 0.3) is 0 Å². The van der Waals surface area contributed by atoms with Gasteiger partial charge in [0.15, 0.2) is 26.5 Å². The molecule has 187 valence electrons. The second-order valence-electron chi connectivity index (χ2n) is 5.38. The third-order valence-corrected chi connectivity index (χ3v) is 14.1. The van der Waals surface area contributed by atoms with Gasteiger partial charge in [0.1, 0.15) is 5.41 Å². The molecule has 31 heavy (non-hydrogen) atoms. The van der Waals surface area contributed by atoms with Crippen molar-refractivity contribution in [2.45, 2.75) is 33.0 Å². The van der Waals surface area contributed by atoms with Gasteiger partial charge in [-0.3, -0.25) is 0 Å². The van der Waals surface area contributed by atoms with E-state index in [1.165, 1.54) is 0 Å². The van der Waals surface area contributed by atoms with Crippen LogP contribution in [0.4, 0.5) is 0 Å². The molecule has 0 N–H and O–H groups in total. The zero-order valence-electron chi connectivity index (χ0n) is 12.9. The number of hydrogen-bond donors (Lipinski definition) is 0. The molecule has 0 nitrogen and oxygen atoms in total. The first-order valence-electron chi connectivity index (χ1n) is 6.22. The Morgan fingerprint density at radius 3 is 0.742 bits per heavy atom. The minimum atomic E-state index is -3.30. The van der Waals surface area contributed by atoms with Gasteiger partial charge in [-0.25, -0.2) is 0 Å². The summed E-state index contributed by atoms with van der Waals surface area (Å²) in [5.41, 5.74) is -3.21. The van der Waals surface area contributed by atoms with Gasteiger partial charge in [0.25, 0.3) is 0 Å². The maximum absolute atomic E-state index is 6.42. The molecule has 0 aromatic carbocycles. The number of rotatable bonds is 6. The predicted molar refractivity (Wildman–Crippen MR) is 150 cm³/mol. The summed E-state index contributed by atoms with van der Waals surface area (Å²) < 4.78 is -24.3. The molecular weight excluding hydrogens is 865 g/mol. The summed E-state index contributed by atoms with van der Waals surface area (Å²) in [7, 11) is 0. The molecule has 0 aromatic rings. The van der Waals surface area contributed by atoms with E-state index in [1.54, 1.807) is 0 Å². The van der Waals surface area contributed by atoms with Gasteiger partial charge >= 0.3 is 0 Å². The van der Waals surface area contributed by atoms with Gasteiger partial charge in [0.05, 0.1) is 0 Å². The van der Waals surface area contributed by atoms with Gasteiger partial charge in [-0.15, -0.1) is 0 Å². The Balaban J connectivity index is 7.50. The molecule has 0 amide bonds. The zero-order chi connectivity index (χ0) is 26.1. The summed E-state index contributed by atoms with van der Waals surface area (Å²) >= 11 is 128. The molecule has 0 spiro atoms. The van der Waals surface area contributed by atoms with Crippen molar-refractivity contribution >= 4 is 244 Å². The van der Waals surface area contributed by atoms with Crippen molar-refractivity contribution in [3.8, 4) is 0 Å². The Morgan fingerprint density at radius 2 is 0.548 bits per heavy atom. The van der Waals surface area contributed by atoms with Crippen molar-refractivity contribution in [1.82, 2.24) is 0 Å². The van der Waals surface area contributed by atoms with Crippen molar-refractivity contribution < 1.29 is 0 Å². The van der Waals surface area contributed by atoms with Gasteiger partial charge in [0.2, 0.25) is 11.4 Å². The maximum atomic E-state index is 6.42. The Labute approximate surface area is 282 Å². The lowest BCUT2D eigenvalue weighted by atomic mass is 9.83. The molecule has 0 aliphatic heterocycles. The van der Waals surface area contributed by atoms with Gasteiger partial charge < -0.3 is 0 Å². The second kappa shape index (κ2) is 11.2. The summed E-state index contributed by atoms with van der Waals surface area (Å²) in [6.07, 6.45) is 0. The Kier molecular flexibility index (Phi) is 13.4. The van der Waals surface area contributed by atoms with Gasteiger partial charge in [-0.2, -0.15) is 0 Å². The van der Waals surface area contributed by atoms with Crippen LogP contribution in [0.15, 0.2) is 0 Å². The standard InChI is InChI=1S/C10Cl21/c11-1(12)2(13,14)4(15,16)6(19,20)7(21,22)5(17,18)3(8(23,24)25,9(26,27)28)10(29,30)31. The van der Waals surface area contributed by atoms with E-state index in [2.05, 4.69) is 0 Å². The average Bonchev–Trinajstić information content (AvgIpc) is 2.40. The minimum absolute atomic E-state index is 0.874. The molecule has 0 unspecified atom stereocenters. The summed E-state index contributed by atoms with van der Waals surface area (Å²) in [5.74, 6) is 0. The molecular formula is C10Cl21. The first-order valence-corrected chi connectivity index (χ1v) is 14.2. The SMILES string of the molecule is Cl[C](Cl)C(Cl)(Cl)C(Cl)(Cl)C(Cl)(Cl)C(Cl)(Cl)C(Cl)(Cl)C(C(Cl)(Cl)Cl)(C(Cl)(Cl)Cl)C(Cl)(Cl)Cl. The van der Waals surface area contributed by atoms with E-state index >= 15 is 0 Å². The van der Waals surface area contributed by atoms with Crippen LogP contribution in [0.3, 0.4) is 0 Å². The van der Waals surface area contributed by atoms with Crippen molar-refractivity contribution in [2.75, 3.05) is 0 Å². The van der Waals surface area contributed by atoms with Crippen molar-refractivity contribution in [1.29, 1.82) is 0 Å². The van der Waals surface area contributed by atoms with E-state index in [1.807, 2.05) is 0 Å². The average molecular weight is 865 g/mol. The van der Waals surface area contributed by atoms with Crippen molar-refractivity contribution in [3.05, 3.63) is 4.84 Å². The molecule has 1 radical (unpaired) electrons. The van der Waals surface area contributed by atoms with E-state index in [-0.39, 0.29) is 0 Å². The molecule has 0 rings (SSSR count). The van der Waals surface area contributed by atoms with Crippen LogP contribution >= 0.6 is 244 Å². The van der Waals surface area contributed by atoms with Crippen LogP contribution in [0.1, 0.15) is 0 Å². The van der Waals surface area contributed by atoms with Gasteiger partial charge in [0, 0.05) is 0 Å². The second-order valence-corrected chi connectivity index (χ2v) is 19.8. The van der Waals surface area contributed by atoms with E-state index in [4.69, 9.17) is 244 Å². The lowest BCUT2D eigenvalue weighted by Gasteiger charge is -2.60. The van der Waals surface area contributed by atoms with E-state index < -0.39 is 43.3 Å². The third kappa shape index (κ3) is 5.93. The fourth-order valence-electron chi connectivity index (χ4n) is 1.96. The van der Waals surface area contributed by atoms with Crippen LogP contribution in [0, 0.1) is 10.3 Å². The highest BCUT2D eigenvalue weighted by molar-refractivity contribution is 6.83. The maximum Gasteiger partial charge on any atom is 0.207 e. The third-order valence-electron chi connectivity index (χ3n) is 3.56. The topological polar surface area (TPSA) is 0 Å². The molecule has 21 heteroatoms. The minimum Gasteiger partial charge on any atom is -0.0970 e. The van der Waals surface area contributed by atoms with Crippen LogP contribution in [-0.4, -0.2) is 33.0 Å². The highest BCUT2D eigenvalue weighted by atomic mass is 35.6. The lowest BCUT2D eigenvalue weighted by Crippen LogP contribution is -2.74. The van der Waals surface area contributed by atoms with Crippen molar-refractivity contribution in [2.24, 2.45) is 5.41 Å². The molecule has 0 aromatic heterocycles. The summed E-state index contributed by atoms with van der Waals surface area (Å²) in [6.45, 7) is 0. The van der Waals surface area contributed by atoms with E-state index in [0.29, 0.717) is 0 Å². The smallest absolute Gasteiger partial charge is 0.0970 e. The van der Waals surface area contributed by atoms with Gasteiger partial charge in [-0.05, 0) is 0 Å². The largest absolute Gasteiger partial charge is 0.207 e. The molecule has 0 aliphatic carbocycles. The Hall–Kier alpha value is 6.09. The summed E-state index contributed by atoms with van der Waals surface area (Å²) in [6, 6.07) is 0. The van der Waals surface area contributed by atoms with E-state index in [0.717, 1.165) is 0 Å². The predicted octanol–water partition coefficient (Wildman–Crippen LogP) is 12.9. The summed E-state index contributed by atoms with van der Waals surface area (Å²) in [4.78, 5) is -0.874. The summed E-state index contributed by atoms with van der Waals surface area (Å²) in [5, 5.41) is 0.